The van der Waals surface area contributed by atoms with Crippen molar-refractivity contribution in [2.75, 3.05) is 7.05 Å². The molecule has 1 N–H and O–H groups in total. The number of rotatable bonds is 4. The molecule has 0 saturated carbocycles. The minimum Gasteiger partial charge on any atom is -0.316 e. The van der Waals surface area contributed by atoms with E-state index in [4.69, 9.17) is 0 Å². The first-order valence-corrected chi connectivity index (χ1v) is 6.36. The van der Waals surface area contributed by atoms with Gasteiger partial charge in [-0.1, -0.05) is 17.8 Å². The van der Waals surface area contributed by atoms with Gasteiger partial charge in [0.1, 0.15) is 11.6 Å². The van der Waals surface area contributed by atoms with Crippen LogP contribution in [0.1, 0.15) is 5.56 Å². The molecule has 4 heteroatoms. The van der Waals surface area contributed by atoms with Crippen LogP contribution >= 0.6 is 11.8 Å². The van der Waals surface area contributed by atoms with Crippen molar-refractivity contribution in [3.63, 3.8) is 0 Å². The lowest BCUT2D eigenvalue weighted by Crippen LogP contribution is -2.05. The van der Waals surface area contributed by atoms with Crippen molar-refractivity contribution in [3.8, 4) is 0 Å². The van der Waals surface area contributed by atoms with E-state index in [-0.39, 0.29) is 11.6 Å². The number of benzene rings is 2. The summed E-state index contributed by atoms with van der Waals surface area (Å²) in [5, 5.41) is 2.98. The molecule has 0 aromatic heterocycles. The van der Waals surface area contributed by atoms with Crippen LogP contribution in [0.25, 0.3) is 0 Å². The summed E-state index contributed by atoms with van der Waals surface area (Å²) < 4.78 is 26.5. The highest BCUT2D eigenvalue weighted by molar-refractivity contribution is 7.99. The topological polar surface area (TPSA) is 12.0 Å². The summed E-state index contributed by atoms with van der Waals surface area (Å²) in [4.78, 5) is 1.53. The Bertz CT molecular complexity index is 543. The molecule has 94 valence electrons. The average Bonchev–Trinajstić information content (AvgIpc) is 2.28. The predicted molar refractivity (Wildman–Crippen MR) is 69.7 cm³/mol. The second-order valence-corrected chi connectivity index (χ2v) is 5.03. The van der Waals surface area contributed by atoms with Gasteiger partial charge in [0.2, 0.25) is 0 Å². The summed E-state index contributed by atoms with van der Waals surface area (Å²) in [7, 11) is 1.81. The molecule has 0 atom stereocenters. The first kappa shape index (κ1) is 13.1. The summed E-state index contributed by atoms with van der Waals surface area (Å²) in [5.41, 5.74) is 0.872. The summed E-state index contributed by atoms with van der Waals surface area (Å²) >= 11 is 1.35. The monoisotopic (exact) mass is 265 g/mol. The van der Waals surface area contributed by atoms with Crippen molar-refractivity contribution in [3.05, 3.63) is 59.7 Å². The molecule has 2 aromatic carbocycles. The summed E-state index contributed by atoms with van der Waals surface area (Å²) in [6.45, 7) is 0.606. The SMILES string of the molecule is CNCc1cc(F)cc(Sc2cccc(F)c2)c1. The highest BCUT2D eigenvalue weighted by Gasteiger charge is 2.03. The molecule has 0 aliphatic rings. The molecule has 0 aliphatic carbocycles. The molecule has 0 radical (unpaired) electrons. The lowest BCUT2D eigenvalue weighted by molar-refractivity contribution is 0.619. The molecule has 0 amide bonds. The van der Waals surface area contributed by atoms with Gasteiger partial charge >= 0.3 is 0 Å². The van der Waals surface area contributed by atoms with Crippen LogP contribution < -0.4 is 5.32 Å². The zero-order valence-corrected chi connectivity index (χ0v) is 10.7. The molecule has 0 spiro atoms. The van der Waals surface area contributed by atoms with Crippen LogP contribution in [0.4, 0.5) is 8.78 Å². The smallest absolute Gasteiger partial charge is 0.124 e. The minimum absolute atomic E-state index is 0.276. The van der Waals surface area contributed by atoms with Gasteiger partial charge in [0.15, 0.2) is 0 Å². The third-order valence-corrected chi connectivity index (χ3v) is 3.30. The van der Waals surface area contributed by atoms with Gasteiger partial charge in [-0.3, -0.25) is 0 Å². The second kappa shape index (κ2) is 5.98. The van der Waals surface area contributed by atoms with Crippen LogP contribution in [-0.2, 0) is 6.54 Å². The van der Waals surface area contributed by atoms with Crippen LogP contribution in [0.15, 0.2) is 52.3 Å². The zero-order valence-electron chi connectivity index (χ0n) is 9.91. The van der Waals surface area contributed by atoms with Crippen LogP contribution in [0, 0.1) is 11.6 Å². The molecule has 0 heterocycles. The lowest BCUT2D eigenvalue weighted by Gasteiger charge is -2.06. The maximum Gasteiger partial charge on any atom is 0.124 e. The van der Waals surface area contributed by atoms with Crippen LogP contribution in [0.2, 0.25) is 0 Å². The fourth-order valence-corrected chi connectivity index (χ4v) is 2.62. The van der Waals surface area contributed by atoms with E-state index in [2.05, 4.69) is 5.32 Å². The van der Waals surface area contributed by atoms with E-state index in [9.17, 15) is 8.78 Å². The van der Waals surface area contributed by atoms with Gasteiger partial charge < -0.3 is 5.32 Å². The van der Waals surface area contributed by atoms with E-state index in [1.54, 1.807) is 12.1 Å². The van der Waals surface area contributed by atoms with Crippen molar-refractivity contribution in [2.45, 2.75) is 16.3 Å². The molecular formula is C14H13F2NS. The first-order valence-electron chi connectivity index (χ1n) is 5.55. The molecule has 0 unspecified atom stereocenters. The van der Waals surface area contributed by atoms with Gasteiger partial charge in [-0.15, -0.1) is 0 Å². The van der Waals surface area contributed by atoms with Gasteiger partial charge in [0, 0.05) is 16.3 Å². The number of nitrogens with one attached hydrogen (secondary N) is 1. The van der Waals surface area contributed by atoms with Gasteiger partial charge in [-0.05, 0) is 49.0 Å². The fourth-order valence-electron chi connectivity index (χ4n) is 1.65. The molecule has 0 bridgehead atoms. The maximum absolute atomic E-state index is 13.4. The molecule has 2 aromatic rings. The second-order valence-electron chi connectivity index (χ2n) is 3.88. The van der Waals surface area contributed by atoms with E-state index in [0.29, 0.717) is 6.54 Å². The highest BCUT2D eigenvalue weighted by Crippen LogP contribution is 2.29. The Morgan fingerprint density at radius 3 is 2.50 bits per heavy atom. The molecule has 0 fully saturated rings. The van der Waals surface area contributed by atoms with Gasteiger partial charge in [0.25, 0.3) is 0 Å². The van der Waals surface area contributed by atoms with Gasteiger partial charge in [-0.2, -0.15) is 0 Å². The third kappa shape index (κ3) is 3.55. The highest BCUT2D eigenvalue weighted by atomic mass is 32.2. The Hall–Kier alpha value is -1.39. The quantitative estimate of drug-likeness (QED) is 0.901. The maximum atomic E-state index is 13.4. The normalized spacial score (nSPS) is 10.6. The largest absolute Gasteiger partial charge is 0.316 e. The van der Waals surface area contributed by atoms with Crippen molar-refractivity contribution in [2.24, 2.45) is 0 Å². The van der Waals surface area contributed by atoms with E-state index in [1.165, 1.54) is 36.0 Å². The van der Waals surface area contributed by atoms with Crippen LogP contribution in [0.5, 0.6) is 0 Å². The Labute approximate surface area is 109 Å². The van der Waals surface area contributed by atoms with Crippen LogP contribution in [0.3, 0.4) is 0 Å². The Morgan fingerprint density at radius 1 is 1.00 bits per heavy atom. The average molecular weight is 265 g/mol. The molecule has 0 aliphatic heterocycles. The number of halogens is 2. The Balaban J connectivity index is 2.23. The number of hydrogen-bond donors (Lipinski definition) is 1. The summed E-state index contributed by atoms with van der Waals surface area (Å²) in [6, 6.07) is 11.1. The Morgan fingerprint density at radius 2 is 1.78 bits per heavy atom. The van der Waals surface area contributed by atoms with Crippen molar-refractivity contribution < 1.29 is 8.78 Å². The lowest BCUT2D eigenvalue weighted by atomic mass is 10.2. The fraction of sp³-hybridized carbons (Fsp3) is 0.143. The van der Waals surface area contributed by atoms with E-state index >= 15 is 0 Å². The molecule has 18 heavy (non-hydrogen) atoms. The summed E-state index contributed by atoms with van der Waals surface area (Å²) in [5.74, 6) is -0.562. The van der Waals surface area contributed by atoms with Gasteiger partial charge in [-0.25, -0.2) is 8.78 Å². The number of hydrogen-bond acceptors (Lipinski definition) is 2. The standard InChI is InChI=1S/C14H13F2NS/c1-17-9-10-5-12(16)8-14(6-10)18-13-4-2-3-11(15)7-13/h2-8,17H,9H2,1H3. The van der Waals surface area contributed by atoms with E-state index in [0.717, 1.165) is 15.4 Å². The third-order valence-electron chi connectivity index (χ3n) is 2.34. The van der Waals surface area contributed by atoms with Crippen molar-refractivity contribution >= 4 is 11.8 Å². The molecular weight excluding hydrogens is 252 g/mol. The summed E-state index contributed by atoms with van der Waals surface area (Å²) in [6.07, 6.45) is 0. The first-order chi connectivity index (χ1) is 8.67. The van der Waals surface area contributed by atoms with Gasteiger partial charge in [0.05, 0.1) is 0 Å². The van der Waals surface area contributed by atoms with Crippen LogP contribution in [-0.4, -0.2) is 7.05 Å². The molecule has 2 rings (SSSR count). The zero-order chi connectivity index (χ0) is 13.0. The minimum atomic E-state index is -0.285. The Kier molecular flexibility index (Phi) is 4.33. The van der Waals surface area contributed by atoms with E-state index in [1.807, 2.05) is 13.1 Å². The molecule has 0 saturated heterocycles. The predicted octanol–water partition coefficient (Wildman–Crippen LogP) is 3.84. The van der Waals surface area contributed by atoms with Crippen molar-refractivity contribution in [1.82, 2.24) is 5.32 Å². The van der Waals surface area contributed by atoms with Crippen molar-refractivity contribution in [1.29, 1.82) is 0 Å². The van der Waals surface area contributed by atoms with E-state index < -0.39 is 0 Å². The molecule has 1 nitrogen and oxygen atoms in total.